The SMILES string of the molecule is COc1ccccc1CN1CCC(NC(=O)CCc2nc3sc(C)c(C)c3c(=O)[nH]2)CC1. The standard InChI is InChI=1S/C24H30N4O3S/c1-15-16(2)32-24-22(15)23(30)26-20(27-24)8-9-21(29)25-18-10-12-28(13-11-18)14-17-6-4-5-7-19(17)31-3/h4-7,18H,8-14H2,1-3H3,(H,25,29)(H,26,27,30). The van der Waals surface area contributed by atoms with Crippen molar-refractivity contribution >= 4 is 27.5 Å². The summed E-state index contributed by atoms with van der Waals surface area (Å²) in [5.74, 6) is 1.50. The Morgan fingerprint density at radius 1 is 1.28 bits per heavy atom. The van der Waals surface area contributed by atoms with E-state index < -0.39 is 0 Å². The molecule has 0 saturated carbocycles. The summed E-state index contributed by atoms with van der Waals surface area (Å²) in [4.78, 5) is 36.5. The first-order chi connectivity index (χ1) is 15.4. The van der Waals surface area contributed by atoms with Gasteiger partial charge in [0, 0.05) is 49.0 Å². The van der Waals surface area contributed by atoms with Crippen LogP contribution in [0.1, 0.15) is 41.1 Å². The molecule has 0 atom stereocenters. The minimum absolute atomic E-state index is 0.00876. The number of nitrogens with one attached hydrogen (secondary N) is 2. The van der Waals surface area contributed by atoms with Gasteiger partial charge in [-0.2, -0.15) is 0 Å². The zero-order valence-electron chi connectivity index (χ0n) is 18.9. The Morgan fingerprint density at radius 3 is 2.78 bits per heavy atom. The molecular formula is C24H30N4O3S. The third-order valence-corrected chi connectivity index (χ3v) is 7.32. The molecule has 170 valence electrons. The van der Waals surface area contributed by atoms with Crippen LogP contribution in [0.4, 0.5) is 0 Å². The minimum atomic E-state index is -0.116. The highest BCUT2D eigenvalue weighted by atomic mass is 32.1. The number of nitrogens with zero attached hydrogens (tertiary/aromatic N) is 2. The van der Waals surface area contributed by atoms with Gasteiger partial charge in [-0.3, -0.25) is 14.5 Å². The second kappa shape index (κ2) is 9.83. The number of piperidine rings is 1. The number of benzene rings is 1. The Bertz CT molecular complexity index is 1160. The number of carbonyl (C=O) groups excluding carboxylic acids is 1. The number of aromatic amines is 1. The normalized spacial score (nSPS) is 15.2. The van der Waals surface area contributed by atoms with Gasteiger partial charge in [0.2, 0.25) is 5.91 Å². The number of likely N-dealkylation sites (tertiary alicyclic amines) is 1. The fourth-order valence-electron chi connectivity index (χ4n) is 4.26. The van der Waals surface area contributed by atoms with Gasteiger partial charge in [-0.1, -0.05) is 18.2 Å². The van der Waals surface area contributed by atoms with Gasteiger partial charge in [0.05, 0.1) is 12.5 Å². The minimum Gasteiger partial charge on any atom is -0.496 e. The molecular weight excluding hydrogens is 424 g/mol. The van der Waals surface area contributed by atoms with Crippen molar-refractivity contribution in [1.82, 2.24) is 20.2 Å². The lowest BCUT2D eigenvalue weighted by atomic mass is 10.0. The molecule has 7 nitrogen and oxygen atoms in total. The Labute approximate surface area is 191 Å². The molecule has 0 bridgehead atoms. The molecule has 1 amide bonds. The Kier molecular flexibility index (Phi) is 6.91. The maximum atomic E-state index is 12.5. The van der Waals surface area contributed by atoms with Crippen molar-refractivity contribution in [3.63, 3.8) is 0 Å². The second-order valence-electron chi connectivity index (χ2n) is 8.41. The molecule has 1 saturated heterocycles. The molecule has 0 unspecified atom stereocenters. The van der Waals surface area contributed by atoms with Crippen LogP contribution in [-0.4, -0.2) is 47.0 Å². The number of methoxy groups -OCH3 is 1. The third-order valence-electron chi connectivity index (χ3n) is 6.22. The summed E-state index contributed by atoms with van der Waals surface area (Å²) < 4.78 is 5.45. The molecule has 0 aliphatic carbocycles. The van der Waals surface area contributed by atoms with Gasteiger partial charge < -0.3 is 15.0 Å². The Hall–Kier alpha value is -2.71. The summed E-state index contributed by atoms with van der Waals surface area (Å²) in [7, 11) is 1.70. The maximum Gasteiger partial charge on any atom is 0.259 e. The number of para-hydroxylation sites is 1. The lowest BCUT2D eigenvalue weighted by Crippen LogP contribution is -2.44. The lowest BCUT2D eigenvalue weighted by Gasteiger charge is -2.32. The van der Waals surface area contributed by atoms with Crippen molar-refractivity contribution < 1.29 is 9.53 Å². The summed E-state index contributed by atoms with van der Waals surface area (Å²) >= 11 is 1.53. The lowest BCUT2D eigenvalue weighted by molar-refractivity contribution is -0.122. The monoisotopic (exact) mass is 454 g/mol. The molecule has 0 radical (unpaired) electrons. The van der Waals surface area contributed by atoms with Gasteiger partial charge in [-0.15, -0.1) is 11.3 Å². The van der Waals surface area contributed by atoms with E-state index >= 15 is 0 Å². The van der Waals surface area contributed by atoms with E-state index in [1.54, 1.807) is 7.11 Å². The van der Waals surface area contributed by atoms with Crippen LogP contribution in [0.5, 0.6) is 5.75 Å². The zero-order chi connectivity index (χ0) is 22.7. The highest BCUT2D eigenvalue weighted by molar-refractivity contribution is 7.18. The number of ether oxygens (including phenoxy) is 1. The number of carbonyl (C=O) groups is 1. The van der Waals surface area contributed by atoms with Crippen molar-refractivity contribution in [1.29, 1.82) is 0 Å². The van der Waals surface area contributed by atoms with E-state index in [0.29, 0.717) is 24.1 Å². The Balaban J connectivity index is 1.26. The smallest absolute Gasteiger partial charge is 0.259 e. The van der Waals surface area contributed by atoms with E-state index in [-0.39, 0.29) is 17.5 Å². The van der Waals surface area contributed by atoms with Gasteiger partial charge in [-0.05, 0) is 38.3 Å². The van der Waals surface area contributed by atoms with Crippen LogP contribution in [0, 0.1) is 13.8 Å². The van der Waals surface area contributed by atoms with Gasteiger partial charge in [0.1, 0.15) is 16.4 Å². The molecule has 8 heteroatoms. The molecule has 1 aromatic carbocycles. The number of hydrogen-bond donors (Lipinski definition) is 2. The zero-order valence-corrected chi connectivity index (χ0v) is 19.7. The fraction of sp³-hybridized carbons (Fsp3) is 0.458. The van der Waals surface area contributed by atoms with Crippen LogP contribution < -0.4 is 15.6 Å². The molecule has 3 aromatic rings. The topological polar surface area (TPSA) is 87.3 Å². The molecule has 4 rings (SSSR count). The molecule has 32 heavy (non-hydrogen) atoms. The van der Waals surface area contributed by atoms with E-state index in [2.05, 4.69) is 26.3 Å². The first kappa shape index (κ1) is 22.5. The van der Waals surface area contributed by atoms with Gasteiger partial charge in [0.25, 0.3) is 5.56 Å². The number of aryl methyl sites for hydroxylation is 3. The molecule has 0 spiro atoms. The van der Waals surface area contributed by atoms with E-state index in [0.717, 1.165) is 53.5 Å². The predicted octanol–water partition coefficient (Wildman–Crippen LogP) is 3.32. The number of amides is 1. The van der Waals surface area contributed by atoms with Gasteiger partial charge in [-0.25, -0.2) is 4.98 Å². The van der Waals surface area contributed by atoms with E-state index in [1.807, 2.05) is 32.0 Å². The van der Waals surface area contributed by atoms with E-state index in [9.17, 15) is 9.59 Å². The average molecular weight is 455 g/mol. The first-order valence-corrected chi connectivity index (χ1v) is 11.9. The summed E-state index contributed by atoms with van der Waals surface area (Å²) in [6.45, 7) is 6.67. The van der Waals surface area contributed by atoms with Crippen LogP contribution in [0.2, 0.25) is 0 Å². The quantitative estimate of drug-likeness (QED) is 0.572. The van der Waals surface area contributed by atoms with E-state index in [4.69, 9.17) is 4.74 Å². The molecule has 2 N–H and O–H groups in total. The second-order valence-corrected chi connectivity index (χ2v) is 9.61. The van der Waals surface area contributed by atoms with Crippen molar-refractivity contribution in [3.8, 4) is 5.75 Å². The predicted molar refractivity (Wildman–Crippen MR) is 127 cm³/mol. The van der Waals surface area contributed by atoms with Crippen LogP contribution in [0.3, 0.4) is 0 Å². The summed E-state index contributed by atoms with van der Waals surface area (Å²) in [6, 6.07) is 8.29. The highest BCUT2D eigenvalue weighted by Gasteiger charge is 2.21. The fourth-order valence-corrected chi connectivity index (χ4v) is 5.31. The van der Waals surface area contributed by atoms with Crippen LogP contribution in [0.15, 0.2) is 29.1 Å². The number of thiophene rings is 1. The van der Waals surface area contributed by atoms with Gasteiger partial charge >= 0.3 is 0 Å². The number of rotatable bonds is 7. The molecule has 1 aliphatic heterocycles. The largest absolute Gasteiger partial charge is 0.496 e. The van der Waals surface area contributed by atoms with Crippen LogP contribution >= 0.6 is 11.3 Å². The molecule has 1 fully saturated rings. The van der Waals surface area contributed by atoms with Crippen molar-refractivity contribution in [3.05, 3.63) is 56.4 Å². The maximum absolute atomic E-state index is 12.5. The average Bonchev–Trinajstić information content (AvgIpc) is 3.08. The van der Waals surface area contributed by atoms with Crippen LogP contribution in [-0.2, 0) is 17.8 Å². The van der Waals surface area contributed by atoms with E-state index in [1.165, 1.54) is 16.9 Å². The first-order valence-electron chi connectivity index (χ1n) is 11.1. The summed E-state index contributed by atoms with van der Waals surface area (Å²) in [5, 5.41) is 3.82. The van der Waals surface area contributed by atoms with Gasteiger partial charge in [0.15, 0.2) is 0 Å². The molecule has 3 heterocycles. The number of H-pyrrole nitrogens is 1. The van der Waals surface area contributed by atoms with Crippen molar-refractivity contribution in [2.24, 2.45) is 0 Å². The van der Waals surface area contributed by atoms with Crippen LogP contribution in [0.25, 0.3) is 10.2 Å². The number of aromatic nitrogens is 2. The third kappa shape index (κ3) is 5.02. The summed E-state index contributed by atoms with van der Waals surface area (Å²) in [6.07, 6.45) is 2.60. The number of hydrogen-bond acceptors (Lipinski definition) is 6. The van der Waals surface area contributed by atoms with Crippen molar-refractivity contribution in [2.75, 3.05) is 20.2 Å². The number of fused-ring (bicyclic) bond motifs is 1. The Morgan fingerprint density at radius 2 is 2.03 bits per heavy atom. The molecule has 2 aromatic heterocycles. The summed E-state index contributed by atoms with van der Waals surface area (Å²) in [5.41, 5.74) is 2.06. The van der Waals surface area contributed by atoms with Crippen molar-refractivity contribution in [2.45, 2.75) is 52.1 Å². The highest BCUT2D eigenvalue weighted by Crippen LogP contribution is 2.26. The molecule has 1 aliphatic rings.